The summed E-state index contributed by atoms with van der Waals surface area (Å²) in [6.07, 6.45) is 5.02. The van der Waals surface area contributed by atoms with Crippen LogP contribution in [0.1, 0.15) is 48.6 Å². The van der Waals surface area contributed by atoms with E-state index in [1.165, 1.54) is 27.0 Å². The molecule has 0 spiro atoms. The number of fused-ring (bicyclic) bond motifs is 1. The van der Waals surface area contributed by atoms with Gasteiger partial charge in [0.2, 0.25) is 11.8 Å². The summed E-state index contributed by atoms with van der Waals surface area (Å²) in [5.74, 6) is -1.22. The van der Waals surface area contributed by atoms with E-state index in [0.717, 1.165) is 42.5 Å². The van der Waals surface area contributed by atoms with Gasteiger partial charge in [-0.15, -0.1) is 16.4 Å². The molecule has 0 saturated heterocycles. The molecule has 1 aliphatic rings. The molecule has 1 N–H and O–H groups in total. The van der Waals surface area contributed by atoms with Gasteiger partial charge in [0, 0.05) is 16.5 Å². The Bertz CT molecular complexity index is 1330. The van der Waals surface area contributed by atoms with E-state index in [1.54, 1.807) is 18.2 Å². The van der Waals surface area contributed by atoms with Crippen molar-refractivity contribution in [3.8, 4) is 0 Å². The van der Waals surface area contributed by atoms with Crippen LogP contribution < -0.4 is 5.32 Å². The van der Waals surface area contributed by atoms with E-state index in [-0.39, 0.29) is 36.5 Å². The number of thiophene rings is 1. The second kappa shape index (κ2) is 11.0. The number of aromatic nitrogens is 3. The van der Waals surface area contributed by atoms with E-state index in [4.69, 9.17) is 0 Å². The normalized spacial score (nSPS) is 15.0. The largest absolute Gasteiger partial charge is 0.351 e. The SMILES string of the molecule is O=C(NC1CCCCC1)C(c1ccccc1F)N(Cc1cccs1)C(=O)Cn1nnc2ccccc21. The fourth-order valence-electron chi connectivity index (χ4n) is 4.82. The number of hydrogen-bond acceptors (Lipinski definition) is 5. The molecule has 5 rings (SSSR count). The molecule has 2 amide bonds. The first-order valence-electron chi connectivity index (χ1n) is 12.2. The number of rotatable bonds is 8. The van der Waals surface area contributed by atoms with Crippen molar-refractivity contribution < 1.29 is 14.0 Å². The maximum absolute atomic E-state index is 15.1. The number of nitrogens with zero attached hydrogens (tertiary/aromatic N) is 4. The predicted molar refractivity (Wildman–Crippen MR) is 137 cm³/mol. The topological polar surface area (TPSA) is 80.1 Å². The number of amides is 2. The van der Waals surface area contributed by atoms with Gasteiger partial charge in [-0.05, 0) is 42.5 Å². The Labute approximate surface area is 212 Å². The summed E-state index contributed by atoms with van der Waals surface area (Å²) in [4.78, 5) is 30.0. The Balaban J connectivity index is 1.51. The van der Waals surface area contributed by atoms with Crippen molar-refractivity contribution in [2.45, 2.75) is 57.3 Å². The molecule has 9 heteroatoms. The number of carbonyl (C=O) groups is 2. The molecule has 1 atom stereocenters. The van der Waals surface area contributed by atoms with Gasteiger partial charge in [0.15, 0.2) is 0 Å². The molecule has 0 bridgehead atoms. The highest BCUT2D eigenvalue weighted by molar-refractivity contribution is 7.09. The first-order chi connectivity index (χ1) is 17.6. The number of carbonyl (C=O) groups excluding carboxylic acids is 2. The Morgan fingerprint density at radius 2 is 1.83 bits per heavy atom. The molecular weight excluding hydrogens is 477 g/mol. The van der Waals surface area contributed by atoms with Crippen LogP contribution in [0.25, 0.3) is 11.0 Å². The highest BCUT2D eigenvalue weighted by Gasteiger charge is 2.35. The molecule has 1 fully saturated rings. The van der Waals surface area contributed by atoms with E-state index in [2.05, 4.69) is 15.6 Å². The van der Waals surface area contributed by atoms with Crippen molar-refractivity contribution in [1.29, 1.82) is 0 Å². The molecule has 0 aliphatic heterocycles. The van der Waals surface area contributed by atoms with Gasteiger partial charge in [0.25, 0.3) is 0 Å². The number of nitrogens with one attached hydrogen (secondary N) is 1. The van der Waals surface area contributed by atoms with Crippen molar-refractivity contribution in [2.75, 3.05) is 0 Å². The van der Waals surface area contributed by atoms with Gasteiger partial charge >= 0.3 is 0 Å². The molecule has 7 nitrogen and oxygen atoms in total. The van der Waals surface area contributed by atoms with Crippen LogP contribution in [0.5, 0.6) is 0 Å². The Morgan fingerprint density at radius 3 is 2.61 bits per heavy atom. The summed E-state index contributed by atoms with van der Waals surface area (Å²) in [6, 6.07) is 16.3. The lowest BCUT2D eigenvalue weighted by atomic mass is 9.94. The average Bonchev–Trinajstić information content (AvgIpc) is 3.55. The van der Waals surface area contributed by atoms with Crippen LogP contribution in [-0.4, -0.2) is 37.7 Å². The summed E-state index contributed by atoms with van der Waals surface area (Å²) in [7, 11) is 0. The highest BCUT2D eigenvalue weighted by Crippen LogP contribution is 2.29. The average molecular weight is 506 g/mol. The van der Waals surface area contributed by atoms with Crippen LogP contribution in [-0.2, 0) is 22.7 Å². The van der Waals surface area contributed by atoms with Gasteiger partial charge < -0.3 is 10.2 Å². The van der Waals surface area contributed by atoms with Gasteiger partial charge in [-0.3, -0.25) is 9.59 Å². The van der Waals surface area contributed by atoms with Gasteiger partial charge in [-0.25, -0.2) is 9.07 Å². The van der Waals surface area contributed by atoms with Gasteiger partial charge in [0.1, 0.15) is 23.9 Å². The second-order valence-corrected chi connectivity index (χ2v) is 10.1. The lowest BCUT2D eigenvalue weighted by Gasteiger charge is -2.33. The lowest BCUT2D eigenvalue weighted by molar-refractivity contribution is -0.142. The van der Waals surface area contributed by atoms with Crippen LogP contribution in [0.3, 0.4) is 0 Å². The monoisotopic (exact) mass is 505 g/mol. The molecule has 4 aromatic rings. The standard InChI is InChI=1S/C27H28FN5O2S/c28-22-13-5-4-12-21(22)26(27(35)29-19-9-2-1-3-10-19)32(17-20-11-8-16-36-20)25(34)18-33-24-15-7-6-14-23(24)30-31-33/h4-8,11-16,19,26H,1-3,9-10,17-18H2,(H,29,35). The van der Waals surface area contributed by atoms with Crippen LogP contribution in [0, 0.1) is 5.82 Å². The number of hydrogen-bond donors (Lipinski definition) is 1. The zero-order chi connectivity index (χ0) is 24.9. The first-order valence-corrected chi connectivity index (χ1v) is 13.1. The van der Waals surface area contributed by atoms with Crippen molar-refractivity contribution in [3.63, 3.8) is 0 Å². The molecule has 0 radical (unpaired) electrons. The summed E-state index contributed by atoms with van der Waals surface area (Å²) in [6.45, 7) is 0.0633. The highest BCUT2D eigenvalue weighted by atomic mass is 32.1. The van der Waals surface area contributed by atoms with E-state index in [0.29, 0.717) is 5.52 Å². The molecule has 2 aromatic heterocycles. The van der Waals surface area contributed by atoms with Gasteiger partial charge in [-0.2, -0.15) is 0 Å². The summed E-state index contributed by atoms with van der Waals surface area (Å²) < 4.78 is 16.6. The number of para-hydroxylation sites is 1. The zero-order valence-electron chi connectivity index (χ0n) is 19.8. The second-order valence-electron chi connectivity index (χ2n) is 9.10. The molecule has 2 heterocycles. The van der Waals surface area contributed by atoms with Crippen molar-refractivity contribution in [3.05, 3.63) is 82.3 Å². The molecular formula is C27H28FN5O2S. The van der Waals surface area contributed by atoms with Crippen LogP contribution >= 0.6 is 11.3 Å². The fourth-order valence-corrected chi connectivity index (χ4v) is 5.52. The summed E-state index contributed by atoms with van der Waals surface area (Å²) in [5.41, 5.74) is 1.57. The van der Waals surface area contributed by atoms with Crippen molar-refractivity contribution in [1.82, 2.24) is 25.2 Å². The maximum Gasteiger partial charge on any atom is 0.247 e. The Morgan fingerprint density at radius 1 is 1.06 bits per heavy atom. The van der Waals surface area contributed by atoms with Crippen molar-refractivity contribution in [2.24, 2.45) is 0 Å². The van der Waals surface area contributed by atoms with Gasteiger partial charge in [0.05, 0.1) is 12.1 Å². The third kappa shape index (κ3) is 5.31. The van der Waals surface area contributed by atoms with E-state index in [9.17, 15) is 9.59 Å². The summed E-state index contributed by atoms with van der Waals surface area (Å²) in [5, 5.41) is 13.3. The summed E-state index contributed by atoms with van der Waals surface area (Å²) >= 11 is 1.49. The molecule has 36 heavy (non-hydrogen) atoms. The van der Waals surface area contributed by atoms with E-state index >= 15 is 4.39 Å². The lowest BCUT2D eigenvalue weighted by Crippen LogP contribution is -2.47. The maximum atomic E-state index is 15.1. The van der Waals surface area contributed by atoms with Crippen LogP contribution in [0.4, 0.5) is 4.39 Å². The molecule has 186 valence electrons. The predicted octanol–water partition coefficient (Wildman–Crippen LogP) is 4.85. The molecule has 1 saturated carbocycles. The first kappa shape index (κ1) is 24.1. The molecule has 1 unspecified atom stereocenters. The number of halogens is 1. The third-order valence-electron chi connectivity index (χ3n) is 6.64. The van der Waals surface area contributed by atoms with Crippen LogP contribution in [0.2, 0.25) is 0 Å². The van der Waals surface area contributed by atoms with E-state index in [1.807, 2.05) is 41.8 Å². The minimum absolute atomic E-state index is 0.0264. The Kier molecular flexibility index (Phi) is 7.36. The molecule has 1 aliphatic carbocycles. The van der Waals surface area contributed by atoms with Crippen LogP contribution in [0.15, 0.2) is 66.0 Å². The fraction of sp³-hybridized carbons (Fsp3) is 0.333. The van der Waals surface area contributed by atoms with Gasteiger partial charge in [-0.1, -0.05) is 60.9 Å². The minimum Gasteiger partial charge on any atom is -0.351 e. The Hall–Kier alpha value is -3.59. The molecule has 2 aromatic carbocycles. The quantitative estimate of drug-likeness (QED) is 0.371. The zero-order valence-corrected chi connectivity index (χ0v) is 20.7. The van der Waals surface area contributed by atoms with Crippen molar-refractivity contribution >= 4 is 34.2 Å². The third-order valence-corrected chi connectivity index (χ3v) is 7.50. The smallest absolute Gasteiger partial charge is 0.247 e. The van der Waals surface area contributed by atoms with E-state index < -0.39 is 11.9 Å². The number of benzene rings is 2. The minimum atomic E-state index is -1.11.